The molecular weight excluding hydrogens is 553 g/mol. The van der Waals surface area contributed by atoms with Crippen LogP contribution < -0.4 is 5.69 Å². The molecular formula is C22H12F9N5O3. The van der Waals surface area contributed by atoms with Gasteiger partial charge >= 0.3 is 35.5 Å². The van der Waals surface area contributed by atoms with Crippen molar-refractivity contribution in [3.63, 3.8) is 0 Å². The molecule has 2 aliphatic rings. The average molecular weight is 565 g/mol. The summed E-state index contributed by atoms with van der Waals surface area (Å²) < 4.78 is 122. The van der Waals surface area contributed by atoms with Gasteiger partial charge < -0.3 is 10.0 Å². The maximum Gasteiger partial charge on any atom is 0.460 e. The van der Waals surface area contributed by atoms with Crippen molar-refractivity contribution in [2.24, 2.45) is 0 Å². The average Bonchev–Trinajstić information content (AvgIpc) is 3.53. The summed E-state index contributed by atoms with van der Waals surface area (Å²) in [5.41, 5.74) is -1.25. The van der Waals surface area contributed by atoms with E-state index in [0.29, 0.717) is 4.57 Å². The number of amides is 1. The summed E-state index contributed by atoms with van der Waals surface area (Å²) in [7, 11) is 0. The fourth-order valence-electron chi connectivity index (χ4n) is 5.02. The second-order valence-electron chi connectivity index (χ2n) is 8.92. The van der Waals surface area contributed by atoms with Gasteiger partial charge in [-0.05, 0) is 30.7 Å². The highest BCUT2D eigenvalue weighted by atomic mass is 19.4. The summed E-state index contributed by atoms with van der Waals surface area (Å²) in [5.74, 6) is -24.9. The van der Waals surface area contributed by atoms with Crippen LogP contribution in [0.15, 0.2) is 35.3 Å². The number of alkyl halides is 9. The van der Waals surface area contributed by atoms with Crippen LogP contribution in [0.4, 0.5) is 39.5 Å². The van der Waals surface area contributed by atoms with Gasteiger partial charge in [-0.2, -0.15) is 44.8 Å². The van der Waals surface area contributed by atoms with Crippen LogP contribution in [0.25, 0.3) is 16.6 Å². The highest BCUT2D eigenvalue weighted by Crippen LogP contribution is 2.56. The van der Waals surface area contributed by atoms with E-state index in [9.17, 15) is 59.5 Å². The number of carbonyl (C=O) groups excluding carboxylic acids is 1. The smallest absolute Gasteiger partial charge is 0.460 e. The van der Waals surface area contributed by atoms with Crippen molar-refractivity contribution in [2.75, 3.05) is 6.54 Å². The molecule has 8 nitrogen and oxygen atoms in total. The summed E-state index contributed by atoms with van der Waals surface area (Å²) >= 11 is 0. The van der Waals surface area contributed by atoms with Gasteiger partial charge in [-0.1, -0.05) is 0 Å². The Balaban J connectivity index is 1.58. The first-order valence-corrected chi connectivity index (χ1v) is 10.8. The Morgan fingerprint density at radius 1 is 1.05 bits per heavy atom. The molecule has 1 unspecified atom stereocenters. The number of benzene rings is 1. The summed E-state index contributed by atoms with van der Waals surface area (Å²) in [6, 6.07) is 4.40. The Labute approximate surface area is 210 Å². The number of aromatic nitrogens is 3. The zero-order chi connectivity index (χ0) is 28.9. The van der Waals surface area contributed by atoms with Gasteiger partial charge in [0.25, 0.3) is 0 Å². The Hall–Kier alpha value is -4.23. The first-order valence-electron chi connectivity index (χ1n) is 10.8. The summed E-state index contributed by atoms with van der Waals surface area (Å²) in [6.07, 6.45) is -6.13. The molecule has 2 bridgehead atoms. The molecule has 2 atom stereocenters. The van der Waals surface area contributed by atoms with Crippen LogP contribution in [-0.4, -0.2) is 60.5 Å². The Kier molecular flexibility index (Phi) is 5.34. The molecule has 0 spiro atoms. The Bertz CT molecular complexity index is 1640. The van der Waals surface area contributed by atoms with Gasteiger partial charge in [0.1, 0.15) is 11.8 Å². The molecule has 1 saturated heterocycles. The number of aromatic hydroxyl groups is 1. The zero-order valence-corrected chi connectivity index (χ0v) is 18.9. The van der Waals surface area contributed by atoms with Crippen LogP contribution in [0, 0.1) is 11.3 Å². The number of imidazole rings is 1. The van der Waals surface area contributed by atoms with Crippen molar-refractivity contribution < 1.29 is 49.4 Å². The molecule has 0 saturated carbocycles. The van der Waals surface area contributed by atoms with E-state index >= 15 is 0 Å². The van der Waals surface area contributed by atoms with Crippen molar-refractivity contribution in [1.82, 2.24) is 19.0 Å². The number of nitrogens with zero attached hydrogens (tertiary/aromatic N) is 5. The molecule has 5 rings (SSSR count). The molecule has 206 valence electrons. The fourth-order valence-corrected chi connectivity index (χ4v) is 5.02. The van der Waals surface area contributed by atoms with E-state index < -0.39 is 65.7 Å². The number of likely N-dealkylation sites (tertiary alicyclic amines) is 1. The second kappa shape index (κ2) is 7.90. The number of halogens is 9. The zero-order valence-electron chi connectivity index (χ0n) is 18.9. The number of rotatable bonds is 4. The predicted molar refractivity (Wildman–Crippen MR) is 111 cm³/mol. The first-order chi connectivity index (χ1) is 18.0. The quantitative estimate of drug-likeness (QED) is 0.481. The van der Waals surface area contributed by atoms with E-state index in [4.69, 9.17) is 0 Å². The molecule has 1 N–H and O–H groups in total. The van der Waals surface area contributed by atoms with Crippen molar-refractivity contribution in [2.45, 2.75) is 42.4 Å². The third kappa shape index (κ3) is 3.23. The number of hydrogen-bond donors (Lipinski definition) is 1. The van der Waals surface area contributed by atoms with E-state index in [-0.39, 0.29) is 33.5 Å². The van der Waals surface area contributed by atoms with Crippen LogP contribution in [0.2, 0.25) is 0 Å². The van der Waals surface area contributed by atoms with Gasteiger partial charge in [-0.15, -0.1) is 0 Å². The third-order valence-electron chi connectivity index (χ3n) is 6.84. The lowest BCUT2D eigenvalue weighted by Gasteiger charge is -2.36. The molecule has 3 aromatic rings. The molecule has 2 aliphatic heterocycles. The Morgan fingerprint density at radius 2 is 1.72 bits per heavy atom. The SMILES string of the molecule is N#Cc1ccc(-n2c(O)c3n(c2=O)[C@@H]2CC3N(C(=O)C(F)(F)C(F)(F)C(F)(F)C(F)(F)F)C2)c2cccnc12. The molecule has 17 heteroatoms. The van der Waals surface area contributed by atoms with Gasteiger partial charge in [0.2, 0.25) is 5.88 Å². The van der Waals surface area contributed by atoms with Crippen molar-refractivity contribution >= 4 is 16.8 Å². The van der Waals surface area contributed by atoms with Crippen LogP contribution in [-0.2, 0) is 4.79 Å². The Morgan fingerprint density at radius 3 is 2.33 bits per heavy atom. The molecule has 0 aliphatic carbocycles. The van der Waals surface area contributed by atoms with E-state index in [1.54, 1.807) is 0 Å². The number of carbonyl (C=O) groups is 1. The van der Waals surface area contributed by atoms with E-state index in [2.05, 4.69) is 4.98 Å². The molecule has 2 aromatic heterocycles. The highest BCUT2D eigenvalue weighted by molar-refractivity contribution is 5.91. The molecule has 1 amide bonds. The molecule has 1 fully saturated rings. The van der Waals surface area contributed by atoms with Crippen LogP contribution >= 0.6 is 0 Å². The van der Waals surface area contributed by atoms with Crippen LogP contribution in [0.1, 0.15) is 29.8 Å². The van der Waals surface area contributed by atoms with Crippen molar-refractivity contribution in [3.05, 3.63) is 52.2 Å². The van der Waals surface area contributed by atoms with Crippen LogP contribution in [0.5, 0.6) is 5.88 Å². The third-order valence-corrected chi connectivity index (χ3v) is 6.84. The number of fused-ring (bicyclic) bond motifs is 6. The number of pyridine rings is 1. The largest absolute Gasteiger partial charge is 0.493 e. The van der Waals surface area contributed by atoms with E-state index in [1.807, 2.05) is 6.07 Å². The minimum Gasteiger partial charge on any atom is -0.493 e. The van der Waals surface area contributed by atoms with Crippen LogP contribution in [0.3, 0.4) is 0 Å². The minimum absolute atomic E-state index is 0.0274. The molecule has 39 heavy (non-hydrogen) atoms. The van der Waals surface area contributed by atoms with E-state index in [0.717, 1.165) is 4.57 Å². The summed E-state index contributed by atoms with van der Waals surface area (Å²) in [4.78, 5) is 29.6. The maximum atomic E-state index is 14.4. The van der Waals surface area contributed by atoms with E-state index in [1.165, 1.54) is 30.5 Å². The number of nitriles is 1. The lowest BCUT2D eigenvalue weighted by molar-refractivity contribution is -0.389. The lowest BCUT2D eigenvalue weighted by atomic mass is 10.0. The maximum absolute atomic E-state index is 14.4. The highest BCUT2D eigenvalue weighted by Gasteiger charge is 2.84. The van der Waals surface area contributed by atoms with Gasteiger partial charge in [-0.25, -0.2) is 9.36 Å². The van der Waals surface area contributed by atoms with Crippen molar-refractivity contribution in [1.29, 1.82) is 5.26 Å². The monoisotopic (exact) mass is 565 g/mol. The normalized spacial score (nSPS) is 19.4. The van der Waals surface area contributed by atoms with Gasteiger partial charge in [0.05, 0.1) is 28.9 Å². The number of hydrogen-bond acceptors (Lipinski definition) is 5. The minimum atomic E-state index is -7.25. The standard InChI is InChI=1S/C22H12F9N5O3/c23-19(24,20(25,26)21(27,28)22(29,30)31)17(38)34-8-10-6-13(34)15-16(37)36(18(39)35(10)15)12-4-3-9(7-32)14-11(12)2-1-5-33-14/h1-5,10,13,37H,6,8H2/t10-,13?/m1/s1. The second-order valence-corrected chi connectivity index (χ2v) is 8.92. The lowest BCUT2D eigenvalue weighted by Crippen LogP contribution is -2.65. The summed E-state index contributed by atoms with van der Waals surface area (Å²) in [6.45, 7) is -0.904. The van der Waals surface area contributed by atoms with Crippen molar-refractivity contribution in [3.8, 4) is 17.6 Å². The van der Waals surface area contributed by atoms with Gasteiger partial charge in [0.15, 0.2) is 0 Å². The summed E-state index contributed by atoms with van der Waals surface area (Å²) in [5, 5.41) is 20.4. The molecule has 0 radical (unpaired) electrons. The van der Waals surface area contributed by atoms with Gasteiger partial charge in [-0.3, -0.25) is 14.3 Å². The fraction of sp³-hybridized carbons (Fsp3) is 0.364. The van der Waals surface area contributed by atoms with Gasteiger partial charge in [0, 0.05) is 18.1 Å². The molecule has 1 aromatic carbocycles. The predicted octanol–water partition coefficient (Wildman–Crippen LogP) is 4.06. The topological polar surface area (TPSA) is 104 Å². The molecule has 4 heterocycles. The first kappa shape index (κ1) is 26.4.